The van der Waals surface area contributed by atoms with E-state index in [0.717, 1.165) is 12.8 Å². The minimum atomic E-state index is -1.06. The molecule has 3 aromatic carbocycles. The maximum atomic E-state index is 15.0. The summed E-state index contributed by atoms with van der Waals surface area (Å²) in [5.74, 6) is -4.13. The summed E-state index contributed by atoms with van der Waals surface area (Å²) in [6.07, 6.45) is 3.20. The maximum Gasteiger partial charge on any atom is 0.201 e. The van der Waals surface area contributed by atoms with Gasteiger partial charge in [0.05, 0.1) is 19.8 Å². The molecule has 1 heterocycles. The summed E-state index contributed by atoms with van der Waals surface area (Å²) in [5.41, 5.74) is 0.864. The predicted octanol–water partition coefficient (Wildman–Crippen LogP) is 7.99. The lowest BCUT2D eigenvalue weighted by Gasteiger charge is -2.29. The number of halogens is 4. The average molecular weight is 501 g/mol. The Morgan fingerprint density at radius 1 is 0.833 bits per heavy atom. The lowest BCUT2D eigenvalue weighted by Crippen LogP contribution is -2.27. The smallest absolute Gasteiger partial charge is 0.201 e. The van der Waals surface area contributed by atoms with E-state index in [-0.39, 0.29) is 35.0 Å². The molecule has 0 aliphatic carbocycles. The van der Waals surface area contributed by atoms with Gasteiger partial charge >= 0.3 is 0 Å². The van der Waals surface area contributed by atoms with Gasteiger partial charge in [-0.1, -0.05) is 49.4 Å². The molecule has 190 valence electrons. The molecule has 7 heteroatoms. The third kappa shape index (κ3) is 5.47. The molecule has 1 fully saturated rings. The lowest BCUT2D eigenvalue weighted by atomic mass is 9.98. The standard InChI is InChI=1S/C29H28F4O3/c1-3-5-6-18-16-35-29(36-17-18)23-12-11-21(25(30)27(23)32)19-7-9-20(10-8-19)22-13-14-24(34-15-4-2)28(33)26(22)31/h3,7-14,18,29H,1,4-6,15-17H2,2H3. The van der Waals surface area contributed by atoms with E-state index < -0.39 is 29.6 Å². The van der Waals surface area contributed by atoms with Crippen LogP contribution >= 0.6 is 0 Å². The number of hydrogen-bond acceptors (Lipinski definition) is 3. The van der Waals surface area contributed by atoms with E-state index >= 15 is 4.39 Å². The molecule has 0 radical (unpaired) electrons. The summed E-state index contributed by atoms with van der Waals surface area (Å²) < 4.78 is 75.4. The van der Waals surface area contributed by atoms with Crippen molar-refractivity contribution in [1.82, 2.24) is 0 Å². The Balaban J connectivity index is 1.52. The summed E-state index contributed by atoms with van der Waals surface area (Å²) >= 11 is 0. The van der Waals surface area contributed by atoms with Crippen molar-refractivity contribution in [2.24, 2.45) is 5.92 Å². The number of benzene rings is 3. The number of ether oxygens (including phenoxy) is 3. The minimum Gasteiger partial charge on any atom is -0.490 e. The van der Waals surface area contributed by atoms with Gasteiger partial charge in [-0.25, -0.2) is 13.2 Å². The van der Waals surface area contributed by atoms with Gasteiger partial charge in [-0.15, -0.1) is 6.58 Å². The monoisotopic (exact) mass is 500 g/mol. The Bertz CT molecular complexity index is 1200. The van der Waals surface area contributed by atoms with Gasteiger partial charge in [0.2, 0.25) is 5.82 Å². The van der Waals surface area contributed by atoms with Crippen molar-refractivity contribution in [3.05, 3.63) is 90.0 Å². The fourth-order valence-electron chi connectivity index (χ4n) is 4.12. The second-order valence-corrected chi connectivity index (χ2v) is 8.73. The molecular weight excluding hydrogens is 472 g/mol. The van der Waals surface area contributed by atoms with Crippen LogP contribution in [0, 0.1) is 29.2 Å². The Morgan fingerprint density at radius 3 is 2.00 bits per heavy atom. The second-order valence-electron chi connectivity index (χ2n) is 8.73. The molecule has 0 aromatic heterocycles. The van der Waals surface area contributed by atoms with Gasteiger partial charge in [-0.2, -0.15) is 4.39 Å². The van der Waals surface area contributed by atoms with E-state index in [9.17, 15) is 13.2 Å². The number of allylic oxidation sites excluding steroid dienone is 1. The van der Waals surface area contributed by atoms with Crippen LogP contribution in [0.2, 0.25) is 0 Å². The zero-order valence-electron chi connectivity index (χ0n) is 20.0. The third-order valence-corrected chi connectivity index (χ3v) is 6.13. The molecule has 1 aliphatic rings. The Morgan fingerprint density at radius 2 is 1.42 bits per heavy atom. The predicted molar refractivity (Wildman–Crippen MR) is 130 cm³/mol. The lowest BCUT2D eigenvalue weighted by molar-refractivity contribution is -0.207. The molecule has 0 atom stereocenters. The van der Waals surface area contributed by atoms with Crippen molar-refractivity contribution in [3.8, 4) is 28.0 Å². The second kappa shape index (κ2) is 11.7. The first kappa shape index (κ1) is 25.9. The molecule has 0 N–H and O–H groups in total. The molecule has 1 saturated heterocycles. The van der Waals surface area contributed by atoms with E-state index in [4.69, 9.17) is 14.2 Å². The van der Waals surface area contributed by atoms with Crippen molar-refractivity contribution in [1.29, 1.82) is 0 Å². The molecule has 0 spiro atoms. The number of hydrogen-bond donors (Lipinski definition) is 0. The van der Waals surface area contributed by atoms with Crippen molar-refractivity contribution < 1.29 is 31.8 Å². The third-order valence-electron chi connectivity index (χ3n) is 6.13. The van der Waals surface area contributed by atoms with E-state index in [1.165, 1.54) is 48.5 Å². The van der Waals surface area contributed by atoms with Crippen molar-refractivity contribution in [2.75, 3.05) is 19.8 Å². The van der Waals surface area contributed by atoms with Gasteiger partial charge in [0, 0.05) is 22.6 Å². The van der Waals surface area contributed by atoms with E-state index in [0.29, 0.717) is 30.8 Å². The highest BCUT2D eigenvalue weighted by Crippen LogP contribution is 2.35. The maximum absolute atomic E-state index is 15.0. The van der Waals surface area contributed by atoms with Crippen LogP contribution in [-0.4, -0.2) is 19.8 Å². The van der Waals surface area contributed by atoms with Gasteiger partial charge in [0.15, 0.2) is 29.5 Å². The number of rotatable bonds is 9. The summed E-state index contributed by atoms with van der Waals surface area (Å²) in [6.45, 7) is 6.63. The van der Waals surface area contributed by atoms with Crippen LogP contribution in [0.5, 0.6) is 5.75 Å². The molecular formula is C29H28F4O3. The first-order valence-corrected chi connectivity index (χ1v) is 12.0. The fraction of sp³-hybridized carbons (Fsp3) is 0.310. The molecule has 0 bridgehead atoms. The zero-order valence-corrected chi connectivity index (χ0v) is 20.0. The van der Waals surface area contributed by atoms with E-state index in [1.807, 2.05) is 13.0 Å². The van der Waals surface area contributed by atoms with Crippen LogP contribution in [0.15, 0.2) is 61.2 Å². The normalized spacial score (nSPS) is 17.7. The highest BCUT2D eigenvalue weighted by atomic mass is 19.2. The average Bonchev–Trinajstić information content (AvgIpc) is 2.90. The molecule has 36 heavy (non-hydrogen) atoms. The van der Waals surface area contributed by atoms with Gasteiger partial charge in [0.1, 0.15) is 0 Å². The van der Waals surface area contributed by atoms with Crippen LogP contribution < -0.4 is 4.74 Å². The zero-order chi connectivity index (χ0) is 25.7. The Kier molecular flexibility index (Phi) is 8.44. The molecule has 1 aliphatic heterocycles. The highest BCUT2D eigenvalue weighted by molar-refractivity contribution is 5.71. The van der Waals surface area contributed by atoms with E-state index in [1.54, 1.807) is 0 Å². The highest BCUT2D eigenvalue weighted by Gasteiger charge is 2.28. The summed E-state index contributed by atoms with van der Waals surface area (Å²) in [5, 5.41) is 0. The van der Waals surface area contributed by atoms with Crippen LogP contribution in [0.25, 0.3) is 22.3 Å². The summed E-state index contributed by atoms with van der Waals surface area (Å²) in [7, 11) is 0. The van der Waals surface area contributed by atoms with Gasteiger partial charge in [-0.05, 0) is 42.5 Å². The molecule has 0 saturated carbocycles. The summed E-state index contributed by atoms with van der Waals surface area (Å²) in [4.78, 5) is 0. The van der Waals surface area contributed by atoms with Crippen molar-refractivity contribution in [3.63, 3.8) is 0 Å². The Labute approximate surface area is 208 Å². The largest absolute Gasteiger partial charge is 0.490 e. The Hall–Kier alpha value is -3.16. The van der Waals surface area contributed by atoms with Gasteiger partial charge in [-0.3, -0.25) is 0 Å². The topological polar surface area (TPSA) is 27.7 Å². The molecule has 4 rings (SSSR count). The van der Waals surface area contributed by atoms with Crippen LogP contribution in [-0.2, 0) is 9.47 Å². The van der Waals surface area contributed by atoms with Gasteiger partial charge < -0.3 is 14.2 Å². The first-order chi connectivity index (χ1) is 17.4. The molecule has 0 amide bonds. The molecule has 3 aromatic rings. The molecule has 0 unspecified atom stereocenters. The minimum absolute atomic E-state index is 0.00188. The van der Waals surface area contributed by atoms with Crippen LogP contribution in [0.3, 0.4) is 0 Å². The fourth-order valence-corrected chi connectivity index (χ4v) is 4.12. The quantitative estimate of drug-likeness (QED) is 0.220. The summed E-state index contributed by atoms with van der Waals surface area (Å²) in [6, 6.07) is 11.8. The van der Waals surface area contributed by atoms with Gasteiger partial charge in [0.25, 0.3) is 0 Å². The van der Waals surface area contributed by atoms with Crippen LogP contribution in [0.1, 0.15) is 38.0 Å². The first-order valence-electron chi connectivity index (χ1n) is 12.0. The van der Waals surface area contributed by atoms with Crippen molar-refractivity contribution in [2.45, 2.75) is 32.5 Å². The van der Waals surface area contributed by atoms with E-state index in [2.05, 4.69) is 6.58 Å². The van der Waals surface area contributed by atoms with Crippen LogP contribution in [0.4, 0.5) is 17.6 Å². The SMILES string of the molecule is C=CCCC1COC(c2ccc(-c3ccc(-c4ccc(OCCC)c(F)c4F)cc3)c(F)c2F)OC1. The van der Waals surface area contributed by atoms with Crippen molar-refractivity contribution >= 4 is 0 Å². The molecule has 3 nitrogen and oxygen atoms in total.